The highest BCUT2D eigenvalue weighted by Gasteiger charge is 2.20. The van der Waals surface area contributed by atoms with Crippen molar-refractivity contribution in [2.75, 3.05) is 0 Å². The summed E-state index contributed by atoms with van der Waals surface area (Å²) in [5.74, 6) is -3.12. The minimum absolute atomic E-state index is 0.0733. The highest BCUT2D eigenvalue weighted by Crippen LogP contribution is 2.34. The molecule has 10 heteroatoms. The first-order valence-corrected chi connectivity index (χ1v) is 9.89. The molecule has 0 aliphatic rings. The average molecular weight is 480 g/mol. The molecular formula is C21H11Cl3F2N4O. The Morgan fingerprint density at radius 3 is 2.29 bits per heavy atom. The molecule has 0 aliphatic carbocycles. The molecule has 31 heavy (non-hydrogen) atoms. The van der Waals surface area contributed by atoms with E-state index in [0.29, 0.717) is 11.0 Å². The van der Waals surface area contributed by atoms with Gasteiger partial charge in [0.15, 0.2) is 0 Å². The lowest BCUT2D eigenvalue weighted by Crippen LogP contribution is -2.36. The smallest absolute Gasteiger partial charge is 0.263 e. The Morgan fingerprint density at radius 1 is 0.968 bits per heavy atom. The third-order valence-corrected chi connectivity index (χ3v) is 5.50. The van der Waals surface area contributed by atoms with Crippen molar-refractivity contribution in [2.24, 2.45) is 4.99 Å². The van der Waals surface area contributed by atoms with Gasteiger partial charge in [0.25, 0.3) is 5.91 Å². The van der Waals surface area contributed by atoms with E-state index in [2.05, 4.69) is 15.3 Å². The highest BCUT2D eigenvalue weighted by molar-refractivity contribution is 6.48. The number of para-hydroxylation sites is 2. The number of carbonyl (C=O) groups excluding carboxylic acids is 1. The standard InChI is InChI=1S/C21H11Cl3F2N4O/c22-12-8-11(9-13(23)19(12)24)28-21(30-10-27-16-6-1-2-7-17(16)30)29-20(31)18-14(25)4-3-5-15(18)26/h1-10H,(H,28,29,31). The fourth-order valence-corrected chi connectivity index (χ4v) is 3.46. The molecule has 1 amide bonds. The van der Waals surface area contributed by atoms with E-state index in [9.17, 15) is 13.6 Å². The van der Waals surface area contributed by atoms with Crippen molar-refractivity contribution >= 4 is 63.4 Å². The summed E-state index contributed by atoms with van der Waals surface area (Å²) in [6, 6.07) is 13.1. The Labute approximate surface area is 189 Å². The van der Waals surface area contributed by atoms with E-state index >= 15 is 0 Å². The number of hydrogen-bond acceptors (Lipinski definition) is 3. The van der Waals surface area contributed by atoms with Gasteiger partial charge in [-0.2, -0.15) is 0 Å². The number of fused-ring (bicyclic) bond motifs is 1. The summed E-state index contributed by atoms with van der Waals surface area (Å²) in [4.78, 5) is 21.4. The highest BCUT2D eigenvalue weighted by atomic mass is 35.5. The number of rotatable bonds is 2. The number of carbonyl (C=O) groups is 1. The van der Waals surface area contributed by atoms with Gasteiger partial charge in [-0.25, -0.2) is 18.8 Å². The molecule has 4 rings (SSSR count). The quantitative estimate of drug-likeness (QED) is 0.210. The zero-order chi connectivity index (χ0) is 22.1. The lowest BCUT2D eigenvalue weighted by molar-refractivity contribution is 0.0968. The first-order valence-electron chi connectivity index (χ1n) is 8.76. The van der Waals surface area contributed by atoms with Gasteiger partial charge in [0.1, 0.15) is 23.5 Å². The van der Waals surface area contributed by atoms with Crippen LogP contribution in [0.2, 0.25) is 15.1 Å². The monoisotopic (exact) mass is 478 g/mol. The third-order valence-electron chi connectivity index (χ3n) is 4.30. The van der Waals surface area contributed by atoms with Gasteiger partial charge < -0.3 is 0 Å². The van der Waals surface area contributed by atoms with Crippen molar-refractivity contribution in [3.05, 3.63) is 93.2 Å². The summed E-state index contributed by atoms with van der Waals surface area (Å²) >= 11 is 18.1. The van der Waals surface area contributed by atoms with Gasteiger partial charge in [-0.15, -0.1) is 0 Å². The number of hydrogen-bond donors (Lipinski definition) is 1. The summed E-state index contributed by atoms with van der Waals surface area (Å²) in [6.07, 6.45) is 1.42. The molecule has 3 aromatic carbocycles. The Kier molecular flexibility index (Phi) is 5.91. The predicted octanol–water partition coefficient (Wildman–Crippen LogP) is 6.24. The minimum Gasteiger partial charge on any atom is -0.291 e. The van der Waals surface area contributed by atoms with Crippen LogP contribution in [0.5, 0.6) is 0 Å². The van der Waals surface area contributed by atoms with Gasteiger partial charge in [0.05, 0.1) is 31.8 Å². The maximum atomic E-state index is 14.1. The third kappa shape index (κ3) is 4.25. The van der Waals surface area contributed by atoms with Crippen molar-refractivity contribution in [1.29, 1.82) is 0 Å². The Balaban J connectivity index is 1.85. The normalized spacial score (nSPS) is 11.7. The van der Waals surface area contributed by atoms with Crippen LogP contribution in [0.25, 0.3) is 11.0 Å². The molecule has 0 radical (unpaired) electrons. The van der Waals surface area contributed by atoms with Crippen LogP contribution >= 0.6 is 34.8 Å². The lowest BCUT2D eigenvalue weighted by atomic mass is 10.2. The molecule has 0 saturated heterocycles. The van der Waals surface area contributed by atoms with Crippen LogP contribution in [0.1, 0.15) is 10.4 Å². The molecule has 0 aliphatic heterocycles. The SMILES string of the molecule is O=C(NC(=Nc1cc(Cl)c(Cl)c(Cl)c1)n1cnc2ccccc21)c1c(F)cccc1F. The zero-order valence-electron chi connectivity index (χ0n) is 15.4. The molecule has 1 N–H and O–H groups in total. The molecule has 0 unspecified atom stereocenters. The molecule has 4 aromatic rings. The predicted molar refractivity (Wildman–Crippen MR) is 118 cm³/mol. The fraction of sp³-hybridized carbons (Fsp3) is 0. The van der Waals surface area contributed by atoms with Gasteiger partial charge in [-0.05, 0) is 36.4 Å². The van der Waals surface area contributed by atoms with Crippen LogP contribution in [0.3, 0.4) is 0 Å². The second kappa shape index (κ2) is 8.63. The number of benzene rings is 3. The fourth-order valence-electron chi connectivity index (χ4n) is 2.88. The summed E-state index contributed by atoms with van der Waals surface area (Å²) < 4.78 is 29.7. The van der Waals surface area contributed by atoms with Crippen molar-refractivity contribution in [3.63, 3.8) is 0 Å². The molecule has 156 valence electrons. The van der Waals surface area contributed by atoms with Crippen LogP contribution in [0.15, 0.2) is 65.9 Å². The molecule has 5 nitrogen and oxygen atoms in total. The Morgan fingerprint density at radius 2 is 1.61 bits per heavy atom. The largest absolute Gasteiger partial charge is 0.291 e. The Hall–Kier alpha value is -3.00. The molecule has 0 bridgehead atoms. The molecule has 0 atom stereocenters. The number of imidazole rings is 1. The van der Waals surface area contributed by atoms with Crippen LogP contribution in [0.4, 0.5) is 14.5 Å². The van der Waals surface area contributed by atoms with Crippen molar-refractivity contribution in [3.8, 4) is 0 Å². The summed E-state index contributed by atoms with van der Waals surface area (Å²) in [5, 5.41) is 2.89. The topological polar surface area (TPSA) is 59.3 Å². The van der Waals surface area contributed by atoms with Gasteiger partial charge >= 0.3 is 0 Å². The number of aromatic nitrogens is 2. The zero-order valence-corrected chi connectivity index (χ0v) is 17.7. The summed E-state index contributed by atoms with van der Waals surface area (Å²) in [7, 11) is 0. The molecule has 1 heterocycles. The van der Waals surface area contributed by atoms with E-state index in [-0.39, 0.29) is 26.7 Å². The molecule has 0 fully saturated rings. The average Bonchev–Trinajstić information content (AvgIpc) is 3.15. The van der Waals surface area contributed by atoms with Crippen LogP contribution in [-0.2, 0) is 0 Å². The van der Waals surface area contributed by atoms with Crippen molar-refractivity contribution in [2.45, 2.75) is 0 Å². The minimum atomic E-state index is -1.03. The van der Waals surface area contributed by atoms with Crippen LogP contribution in [-0.4, -0.2) is 21.4 Å². The summed E-state index contributed by atoms with van der Waals surface area (Å²) in [6.45, 7) is 0. The molecular weight excluding hydrogens is 469 g/mol. The van der Waals surface area contributed by atoms with E-state index in [1.165, 1.54) is 23.0 Å². The van der Waals surface area contributed by atoms with Crippen molar-refractivity contribution < 1.29 is 13.6 Å². The lowest BCUT2D eigenvalue weighted by Gasteiger charge is -2.12. The van der Waals surface area contributed by atoms with E-state index in [4.69, 9.17) is 34.8 Å². The maximum absolute atomic E-state index is 14.1. The van der Waals surface area contributed by atoms with Gasteiger partial charge in [0, 0.05) is 0 Å². The van der Waals surface area contributed by atoms with E-state index < -0.39 is 23.1 Å². The second-order valence-electron chi connectivity index (χ2n) is 6.31. The van der Waals surface area contributed by atoms with E-state index in [1.807, 2.05) is 0 Å². The van der Waals surface area contributed by atoms with Gasteiger partial charge in [0.2, 0.25) is 5.96 Å². The molecule has 1 aromatic heterocycles. The molecule has 0 spiro atoms. The number of nitrogens with zero attached hydrogens (tertiary/aromatic N) is 3. The summed E-state index contributed by atoms with van der Waals surface area (Å²) in [5.41, 5.74) is 0.726. The second-order valence-corrected chi connectivity index (χ2v) is 7.51. The van der Waals surface area contributed by atoms with Crippen LogP contribution < -0.4 is 5.32 Å². The van der Waals surface area contributed by atoms with Crippen molar-refractivity contribution in [1.82, 2.24) is 14.9 Å². The van der Waals surface area contributed by atoms with Gasteiger partial charge in [-0.3, -0.25) is 14.7 Å². The molecule has 0 saturated carbocycles. The number of nitrogens with one attached hydrogen (secondary N) is 1. The Bertz CT molecular complexity index is 1310. The van der Waals surface area contributed by atoms with E-state index in [1.54, 1.807) is 24.3 Å². The maximum Gasteiger partial charge on any atom is 0.263 e. The number of aliphatic imine (C=N–C) groups is 1. The number of amides is 1. The first-order chi connectivity index (χ1) is 14.8. The first kappa shape index (κ1) is 21.2. The van der Waals surface area contributed by atoms with Gasteiger partial charge in [-0.1, -0.05) is 53.0 Å². The number of halogens is 5. The van der Waals surface area contributed by atoms with E-state index in [0.717, 1.165) is 18.2 Å². The van der Waals surface area contributed by atoms with Crippen LogP contribution in [0, 0.1) is 11.6 Å².